The van der Waals surface area contributed by atoms with E-state index in [9.17, 15) is 4.79 Å². The highest BCUT2D eigenvalue weighted by molar-refractivity contribution is 5.72. The first-order valence-electron chi connectivity index (χ1n) is 3.46. The summed E-state index contributed by atoms with van der Waals surface area (Å²) in [7, 11) is 0. The summed E-state index contributed by atoms with van der Waals surface area (Å²) in [6.07, 6.45) is 2.54. The van der Waals surface area contributed by atoms with Crippen LogP contribution in [-0.2, 0) is 4.79 Å². The van der Waals surface area contributed by atoms with Crippen LogP contribution in [0.4, 0.5) is 0 Å². The monoisotopic (exact) mass is 157 g/mol. The van der Waals surface area contributed by atoms with E-state index in [-0.39, 0.29) is 0 Å². The Hall–Kier alpha value is -0.870. The summed E-state index contributed by atoms with van der Waals surface area (Å²) >= 11 is 0. The van der Waals surface area contributed by atoms with E-state index in [0.29, 0.717) is 6.42 Å². The molecule has 0 aliphatic heterocycles. The van der Waals surface area contributed by atoms with E-state index in [4.69, 9.17) is 15.9 Å². The zero-order valence-electron chi connectivity index (χ0n) is 5.97. The van der Waals surface area contributed by atoms with Crippen LogP contribution in [-0.4, -0.2) is 28.3 Å². The molecule has 1 rings (SSSR count). The number of aliphatic carboxylic acids is 1. The zero-order valence-corrected chi connectivity index (χ0v) is 5.97. The number of aliphatic hydroxyl groups is 1. The van der Waals surface area contributed by atoms with Crippen molar-refractivity contribution in [2.24, 2.45) is 11.7 Å². The molecule has 0 radical (unpaired) electrons. The molecule has 0 amide bonds. The predicted molar refractivity (Wildman–Crippen MR) is 38.9 cm³/mol. The van der Waals surface area contributed by atoms with Gasteiger partial charge in [-0.3, -0.25) is 4.79 Å². The van der Waals surface area contributed by atoms with Crippen molar-refractivity contribution in [3.8, 4) is 0 Å². The second-order valence-corrected chi connectivity index (χ2v) is 2.72. The van der Waals surface area contributed by atoms with Crippen molar-refractivity contribution in [2.75, 3.05) is 0 Å². The third-order valence-electron chi connectivity index (χ3n) is 1.82. The van der Waals surface area contributed by atoms with Crippen LogP contribution in [0.25, 0.3) is 0 Å². The topological polar surface area (TPSA) is 83.6 Å². The van der Waals surface area contributed by atoms with Gasteiger partial charge in [0.05, 0.1) is 12.0 Å². The highest BCUT2D eigenvalue weighted by atomic mass is 16.4. The molecule has 0 fully saturated rings. The second kappa shape index (κ2) is 3.02. The molecule has 3 atom stereocenters. The first-order valence-corrected chi connectivity index (χ1v) is 3.46. The molecule has 4 heteroatoms. The van der Waals surface area contributed by atoms with E-state index in [0.717, 1.165) is 0 Å². The van der Waals surface area contributed by atoms with Gasteiger partial charge < -0.3 is 15.9 Å². The van der Waals surface area contributed by atoms with Crippen molar-refractivity contribution in [3.63, 3.8) is 0 Å². The van der Waals surface area contributed by atoms with Crippen LogP contribution in [0.15, 0.2) is 12.2 Å². The molecule has 0 bridgehead atoms. The fraction of sp³-hybridized carbons (Fsp3) is 0.571. The third kappa shape index (κ3) is 1.78. The minimum atomic E-state index is -0.886. The predicted octanol–water partition coefficient (Wildman–Crippen LogP) is -0.665. The lowest BCUT2D eigenvalue weighted by molar-refractivity contribution is -0.140. The number of nitrogens with two attached hydrogens (primary N) is 1. The lowest BCUT2D eigenvalue weighted by Crippen LogP contribution is -2.39. The van der Waals surface area contributed by atoms with Gasteiger partial charge in [-0.05, 0) is 6.42 Å². The molecule has 11 heavy (non-hydrogen) atoms. The van der Waals surface area contributed by atoms with Gasteiger partial charge >= 0.3 is 5.97 Å². The molecule has 0 saturated carbocycles. The van der Waals surface area contributed by atoms with Gasteiger partial charge in [-0.1, -0.05) is 12.2 Å². The molecule has 0 aromatic rings. The zero-order chi connectivity index (χ0) is 8.43. The largest absolute Gasteiger partial charge is 0.481 e. The Labute approximate surface area is 64.3 Å². The van der Waals surface area contributed by atoms with E-state index in [2.05, 4.69) is 0 Å². The Bertz CT molecular complexity index is 190. The average Bonchev–Trinajstić information content (AvgIpc) is 1.94. The quantitative estimate of drug-likeness (QED) is 0.441. The minimum absolute atomic E-state index is 0.312. The number of aliphatic hydroxyl groups excluding tert-OH is 1. The van der Waals surface area contributed by atoms with E-state index >= 15 is 0 Å². The highest BCUT2D eigenvalue weighted by Gasteiger charge is 2.25. The lowest BCUT2D eigenvalue weighted by atomic mass is 9.91. The maximum atomic E-state index is 10.4. The van der Waals surface area contributed by atoms with Crippen LogP contribution in [0.5, 0.6) is 0 Å². The van der Waals surface area contributed by atoms with Crippen LogP contribution in [0.1, 0.15) is 6.42 Å². The van der Waals surface area contributed by atoms with Crippen molar-refractivity contribution in [1.82, 2.24) is 0 Å². The highest BCUT2D eigenvalue weighted by Crippen LogP contribution is 2.16. The smallest absolute Gasteiger partial charge is 0.310 e. The average molecular weight is 157 g/mol. The first kappa shape index (κ1) is 8.23. The van der Waals surface area contributed by atoms with Crippen molar-refractivity contribution < 1.29 is 15.0 Å². The molecule has 1 aliphatic rings. The molecule has 1 aliphatic carbocycles. The van der Waals surface area contributed by atoms with Crippen LogP contribution >= 0.6 is 0 Å². The molecule has 62 valence electrons. The summed E-state index contributed by atoms with van der Waals surface area (Å²) in [4.78, 5) is 10.4. The fourth-order valence-corrected chi connectivity index (χ4v) is 1.09. The third-order valence-corrected chi connectivity index (χ3v) is 1.82. The summed E-state index contributed by atoms with van der Waals surface area (Å²) in [5.74, 6) is -1.42. The Morgan fingerprint density at radius 3 is 2.64 bits per heavy atom. The standard InChI is InChI=1S/C7H11NO3/c8-5-3-4(7(10)11)1-2-6(5)9/h1-2,4-6,9H,3,8H2,(H,10,11). The number of carboxylic acids is 1. The summed E-state index contributed by atoms with van der Waals surface area (Å²) in [6, 6.07) is -0.443. The van der Waals surface area contributed by atoms with Crippen LogP contribution in [0.3, 0.4) is 0 Å². The van der Waals surface area contributed by atoms with Gasteiger partial charge in [-0.15, -0.1) is 0 Å². The van der Waals surface area contributed by atoms with Gasteiger partial charge in [0, 0.05) is 6.04 Å². The Balaban J connectivity index is 2.63. The molecular weight excluding hydrogens is 146 g/mol. The maximum absolute atomic E-state index is 10.4. The molecule has 0 aromatic carbocycles. The lowest BCUT2D eigenvalue weighted by Gasteiger charge is -2.22. The van der Waals surface area contributed by atoms with Gasteiger partial charge in [0.1, 0.15) is 0 Å². The number of rotatable bonds is 1. The number of hydrogen-bond donors (Lipinski definition) is 3. The van der Waals surface area contributed by atoms with Crippen molar-refractivity contribution in [3.05, 3.63) is 12.2 Å². The number of hydrogen-bond acceptors (Lipinski definition) is 3. The molecule has 0 saturated heterocycles. The van der Waals surface area contributed by atoms with Gasteiger partial charge in [0.25, 0.3) is 0 Å². The molecule has 4 nitrogen and oxygen atoms in total. The van der Waals surface area contributed by atoms with Crippen molar-refractivity contribution in [1.29, 1.82) is 0 Å². The SMILES string of the molecule is NC1CC(C(=O)O)C=CC1O. The van der Waals surface area contributed by atoms with E-state index in [1.54, 1.807) is 0 Å². The van der Waals surface area contributed by atoms with Crippen molar-refractivity contribution in [2.45, 2.75) is 18.6 Å². The minimum Gasteiger partial charge on any atom is -0.481 e. The summed E-state index contributed by atoms with van der Waals surface area (Å²) in [5, 5.41) is 17.6. The molecule has 0 heterocycles. The number of carboxylic acid groups (broad SMARTS) is 1. The van der Waals surface area contributed by atoms with Crippen LogP contribution < -0.4 is 5.73 Å². The summed E-state index contributed by atoms with van der Waals surface area (Å²) in [5.41, 5.74) is 5.44. The Kier molecular flexibility index (Phi) is 2.26. The molecule has 3 unspecified atom stereocenters. The molecule has 0 aromatic heterocycles. The Morgan fingerprint density at radius 2 is 2.18 bits per heavy atom. The van der Waals surface area contributed by atoms with Gasteiger partial charge in [-0.25, -0.2) is 0 Å². The van der Waals surface area contributed by atoms with Crippen molar-refractivity contribution >= 4 is 5.97 Å². The normalized spacial score (nSPS) is 37.1. The fourth-order valence-electron chi connectivity index (χ4n) is 1.09. The maximum Gasteiger partial charge on any atom is 0.310 e. The van der Waals surface area contributed by atoms with E-state index in [1.165, 1.54) is 12.2 Å². The first-order chi connectivity index (χ1) is 5.11. The number of carbonyl (C=O) groups is 1. The Morgan fingerprint density at radius 1 is 1.55 bits per heavy atom. The van der Waals surface area contributed by atoms with Gasteiger partial charge in [-0.2, -0.15) is 0 Å². The summed E-state index contributed by atoms with van der Waals surface area (Å²) < 4.78 is 0. The molecular formula is C7H11NO3. The van der Waals surface area contributed by atoms with Gasteiger partial charge in [0.2, 0.25) is 0 Å². The van der Waals surface area contributed by atoms with Crippen LogP contribution in [0, 0.1) is 5.92 Å². The summed E-state index contributed by atoms with van der Waals surface area (Å²) in [6.45, 7) is 0. The van der Waals surface area contributed by atoms with E-state index in [1.807, 2.05) is 0 Å². The second-order valence-electron chi connectivity index (χ2n) is 2.72. The van der Waals surface area contributed by atoms with E-state index < -0.39 is 24.0 Å². The molecule has 0 spiro atoms. The molecule has 4 N–H and O–H groups in total. The van der Waals surface area contributed by atoms with Gasteiger partial charge in [0.15, 0.2) is 0 Å². The van der Waals surface area contributed by atoms with Crippen LogP contribution in [0.2, 0.25) is 0 Å².